The topological polar surface area (TPSA) is 78.1 Å². The lowest BCUT2D eigenvalue weighted by atomic mass is 10.1. The SMILES string of the molecule is COc1cc(F)cc(NC(=O)NC(C)c2cc(OC)c(OC)c(OC)c2)c1. The number of ether oxygens (including phenoxy) is 4. The lowest BCUT2D eigenvalue weighted by Crippen LogP contribution is -2.31. The second-order valence-electron chi connectivity index (χ2n) is 5.66. The van der Waals surface area contributed by atoms with Gasteiger partial charge in [0.2, 0.25) is 5.75 Å². The fraction of sp³-hybridized carbons (Fsp3) is 0.316. The van der Waals surface area contributed by atoms with Crippen molar-refractivity contribution in [2.24, 2.45) is 0 Å². The molecule has 8 heteroatoms. The lowest BCUT2D eigenvalue weighted by Gasteiger charge is -2.19. The molecule has 27 heavy (non-hydrogen) atoms. The van der Waals surface area contributed by atoms with Gasteiger partial charge in [-0.3, -0.25) is 0 Å². The molecule has 0 bridgehead atoms. The molecule has 0 saturated carbocycles. The number of methoxy groups -OCH3 is 4. The summed E-state index contributed by atoms with van der Waals surface area (Å²) in [7, 11) is 5.97. The van der Waals surface area contributed by atoms with Crippen LogP contribution in [-0.2, 0) is 0 Å². The van der Waals surface area contributed by atoms with E-state index in [0.29, 0.717) is 23.0 Å². The van der Waals surface area contributed by atoms with Crippen molar-refractivity contribution in [1.82, 2.24) is 5.32 Å². The second-order valence-corrected chi connectivity index (χ2v) is 5.66. The minimum absolute atomic E-state index is 0.279. The summed E-state index contributed by atoms with van der Waals surface area (Å²) < 4.78 is 34.5. The van der Waals surface area contributed by atoms with Crippen molar-refractivity contribution >= 4 is 11.7 Å². The number of amides is 2. The first kappa shape index (κ1) is 20.2. The highest BCUT2D eigenvalue weighted by molar-refractivity contribution is 5.89. The Balaban J connectivity index is 2.15. The quantitative estimate of drug-likeness (QED) is 0.767. The number of urea groups is 1. The van der Waals surface area contributed by atoms with Crippen LogP contribution in [0.15, 0.2) is 30.3 Å². The fourth-order valence-corrected chi connectivity index (χ4v) is 2.55. The van der Waals surface area contributed by atoms with Gasteiger partial charge in [0.15, 0.2) is 11.5 Å². The molecule has 2 aromatic carbocycles. The Morgan fingerprint density at radius 2 is 1.56 bits per heavy atom. The Kier molecular flexibility index (Phi) is 6.70. The maximum atomic E-state index is 13.5. The molecule has 0 aliphatic rings. The molecular weight excluding hydrogens is 355 g/mol. The zero-order valence-electron chi connectivity index (χ0n) is 15.9. The highest BCUT2D eigenvalue weighted by atomic mass is 19.1. The number of benzene rings is 2. The number of anilines is 1. The molecule has 2 N–H and O–H groups in total. The minimum Gasteiger partial charge on any atom is -0.497 e. The molecular formula is C19H23FN2O5. The first-order chi connectivity index (χ1) is 12.9. The molecule has 7 nitrogen and oxygen atoms in total. The molecule has 0 saturated heterocycles. The molecule has 2 aromatic rings. The maximum Gasteiger partial charge on any atom is 0.319 e. The van der Waals surface area contributed by atoms with Crippen LogP contribution >= 0.6 is 0 Å². The van der Waals surface area contributed by atoms with E-state index in [-0.39, 0.29) is 11.7 Å². The first-order valence-corrected chi connectivity index (χ1v) is 8.13. The van der Waals surface area contributed by atoms with Gasteiger partial charge in [-0.05, 0) is 30.7 Å². The number of rotatable bonds is 7. The van der Waals surface area contributed by atoms with Gasteiger partial charge in [0.25, 0.3) is 0 Å². The Labute approximate surface area is 157 Å². The third-order valence-electron chi connectivity index (χ3n) is 3.90. The van der Waals surface area contributed by atoms with Gasteiger partial charge < -0.3 is 29.6 Å². The Bertz CT molecular complexity index is 788. The molecule has 0 aliphatic heterocycles. The van der Waals surface area contributed by atoms with Crippen molar-refractivity contribution in [2.75, 3.05) is 33.8 Å². The second kappa shape index (κ2) is 8.98. The normalized spacial score (nSPS) is 11.3. The van der Waals surface area contributed by atoms with Gasteiger partial charge in [0.1, 0.15) is 11.6 Å². The highest BCUT2D eigenvalue weighted by Gasteiger charge is 2.18. The molecule has 0 heterocycles. The molecule has 0 fully saturated rings. The van der Waals surface area contributed by atoms with E-state index < -0.39 is 11.8 Å². The van der Waals surface area contributed by atoms with Crippen LogP contribution in [0, 0.1) is 5.82 Å². The summed E-state index contributed by atoms with van der Waals surface area (Å²) >= 11 is 0. The molecule has 0 spiro atoms. The van der Waals surface area contributed by atoms with E-state index in [0.717, 1.165) is 5.56 Å². The van der Waals surface area contributed by atoms with E-state index in [4.69, 9.17) is 18.9 Å². The third kappa shape index (κ3) is 4.93. The van der Waals surface area contributed by atoms with E-state index in [1.165, 1.54) is 46.6 Å². The molecule has 2 rings (SSSR count). The predicted molar refractivity (Wildman–Crippen MR) is 99.6 cm³/mol. The van der Waals surface area contributed by atoms with Crippen LogP contribution < -0.4 is 29.6 Å². The number of halogens is 1. The zero-order chi connectivity index (χ0) is 20.0. The van der Waals surface area contributed by atoms with Crippen molar-refractivity contribution in [2.45, 2.75) is 13.0 Å². The van der Waals surface area contributed by atoms with Crippen LogP contribution in [0.4, 0.5) is 14.9 Å². The largest absolute Gasteiger partial charge is 0.497 e. The van der Waals surface area contributed by atoms with Crippen LogP contribution in [0.1, 0.15) is 18.5 Å². The summed E-state index contributed by atoms with van der Waals surface area (Å²) in [6.07, 6.45) is 0. The molecule has 0 aliphatic carbocycles. The third-order valence-corrected chi connectivity index (χ3v) is 3.90. The smallest absolute Gasteiger partial charge is 0.319 e. The monoisotopic (exact) mass is 378 g/mol. The van der Waals surface area contributed by atoms with Crippen molar-refractivity contribution in [1.29, 1.82) is 0 Å². The number of nitrogens with one attached hydrogen (secondary N) is 2. The van der Waals surface area contributed by atoms with Crippen molar-refractivity contribution in [3.05, 3.63) is 41.7 Å². The van der Waals surface area contributed by atoms with E-state index in [1.807, 2.05) is 0 Å². The van der Waals surface area contributed by atoms with Gasteiger partial charge in [-0.15, -0.1) is 0 Å². The van der Waals surface area contributed by atoms with Crippen LogP contribution in [0.5, 0.6) is 23.0 Å². The van der Waals surface area contributed by atoms with E-state index in [9.17, 15) is 9.18 Å². The number of hydrogen-bond acceptors (Lipinski definition) is 5. The summed E-state index contributed by atoms with van der Waals surface area (Å²) in [5, 5.41) is 5.36. The van der Waals surface area contributed by atoms with Crippen molar-refractivity contribution < 1.29 is 28.1 Å². The van der Waals surface area contributed by atoms with Crippen molar-refractivity contribution in [3.8, 4) is 23.0 Å². The van der Waals surface area contributed by atoms with Crippen LogP contribution in [0.2, 0.25) is 0 Å². The Hall–Kier alpha value is -3.16. The average Bonchev–Trinajstić information content (AvgIpc) is 2.65. The summed E-state index contributed by atoms with van der Waals surface area (Å²) in [6.45, 7) is 1.80. The molecule has 2 amide bonds. The van der Waals surface area contributed by atoms with Gasteiger partial charge in [-0.1, -0.05) is 0 Å². The Morgan fingerprint density at radius 3 is 2.07 bits per heavy atom. The molecule has 0 radical (unpaired) electrons. The zero-order valence-corrected chi connectivity index (χ0v) is 15.9. The van der Waals surface area contributed by atoms with Gasteiger partial charge in [0, 0.05) is 17.8 Å². The van der Waals surface area contributed by atoms with Crippen molar-refractivity contribution in [3.63, 3.8) is 0 Å². The molecule has 146 valence electrons. The summed E-state index contributed by atoms with van der Waals surface area (Å²) in [5.74, 6) is 1.23. The summed E-state index contributed by atoms with van der Waals surface area (Å²) in [4.78, 5) is 12.3. The number of carbonyl (C=O) groups is 1. The Morgan fingerprint density at radius 1 is 0.926 bits per heavy atom. The average molecular weight is 378 g/mol. The highest BCUT2D eigenvalue weighted by Crippen LogP contribution is 2.39. The van der Waals surface area contributed by atoms with Gasteiger partial charge in [0.05, 0.1) is 34.5 Å². The fourth-order valence-electron chi connectivity index (χ4n) is 2.55. The number of carbonyl (C=O) groups excluding carboxylic acids is 1. The molecule has 1 atom stereocenters. The standard InChI is InChI=1S/C19H23FN2O5/c1-11(12-6-16(25-3)18(27-5)17(7-12)26-4)21-19(23)22-14-8-13(20)9-15(10-14)24-2/h6-11H,1-5H3,(H2,21,22,23). The van der Waals surface area contributed by atoms with Crippen LogP contribution in [0.3, 0.4) is 0 Å². The van der Waals surface area contributed by atoms with E-state index in [1.54, 1.807) is 19.1 Å². The maximum absolute atomic E-state index is 13.5. The first-order valence-electron chi connectivity index (χ1n) is 8.13. The van der Waals surface area contributed by atoms with Crippen LogP contribution in [0.25, 0.3) is 0 Å². The van der Waals surface area contributed by atoms with Gasteiger partial charge in [-0.2, -0.15) is 0 Å². The van der Waals surface area contributed by atoms with E-state index in [2.05, 4.69) is 10.6 Å². The lowest BCUT2D eigenvalue weighted by molar-refractivity contribution is 0.249. The van der Waals surface area contributed by atoms with Gasteiger partial charge >= 0.3 is 6.03 Å². The summed E-state index contributed by atoms with van der Waals surface area (Å²) in [6, 6.07) is 6.56. The van der Waals surface area contributed by atoms with E-state index >= 15 is 0 Å². The molecule has 0 aromatic heterocycles. The molecule has 1 unspecified atom stereocenters. The van der Waals surface area contributed by atoms with Crippen LogP contribution in [-0.4, -0.2) is 34.5 Å². The van der Waals surface area contributed by atoms with Gasteiger partial charge in [-0.25, -0.2) is 9.18 Å². The minimum atomic E-state index is -0.512. The number of hydrogen-bond donors (Lipinski definition) is 2. The summed E-state index contributed by atoms with van der Waals surface area (Å²) in [5.41, 5.74) is 1.03. The predicted octanol–water partition coefficient (Wildman–Crippen LogP) is 3.74.